The molecule has 1 saturated heterocycles. The summed E-state index contributed by atoms with van der Waals surface area (Å²) in [5, 5.41) is 4.17. The number of aromatic nitrogens is 1. The van der Waals surface area contributed by atoms with Gasteiger partial charge in [0.1, 0.15) is 5.75 Å². The summed E-state index contributed by atoms with van der Waals surface area (Å²) in [6, 6.07) is 16.4. The topological polar surface area (TPSA) is 54.5 Å². The van der Waals surface area contributed by atoms with Crippen LogP contribution in [-0.2, 0) is 0 Å². The number of hydrogen-bond donors (Lipinski definition) is 1. The number of carbonyl (C=O) groups is 1. The number of hydrogen-bond acceptors (Lipinski definition) is 4. The first kappa shape index (κ1) is 20.4. The Labute approximate surface area is 178 Å². The Hall–Kier alpha value is -2.92. The summed E-state index contributed by atoms with van der Waals surface area (Å²) < 4.78 is 5.41. The second-order valence-corrected chi connectivity index (χ2v) is 8.06. The summed E-state index contributed by atoms with van der Waals surface area (Å²) in [4.78, 5) is 20.2. The van der Waals surface area contributed by atoms with Crippen LogP contribution in [0.3, 0.4) is 0 Å². The molecule has 4 rings (SSSR count). The molecule has 30 heavy (non-hydrogen) atoms. The smallest absolute Gasteiger partial charge is 0.253 e. The van der Waals surface area contributed by atoms with E-state index in [-0.39, 0.29) is 11.9 Å². The third-order valence-corrected chi connectivity index (χ3v) is 5.92. The van der Waals surface area contributed by atoms with Crippen molar-refractivity contribution in [2.24, 2.45) is 0 Å². The second-order valence-electron chi connectivity index (χ2n) is 8.06. The van der Waals surface area contributed by atoms with Crippen molar-refractivity contribution in [3.05, 3.63) is 70.9 Å². The molecule has 1 unspecified atom stereocenters. The Kier molecular flexibility index (Phi) is 6.00. The summed E-state index contributed by atoms with van der Waals surface area (Å²) in [6.45, 7) is 6.60. The Balaban J connectivity index is 1.56. The van der Waals surface area contributed by atoms with Crippen molar-refractivity contribution in [2.45, 2.75) is 32.7 Å². The molecule has 1 atom stereocenters. The number of aryl methyl sites for hydroxylation is 2. The number of likely N-dealkylation sites (tertiary alicyclic amines) is 1. The number of pyridine rings is 1. The van der Waals surface area contributed by atoms with Gasteiger partial charge in [0.15, 0.2) is 0 Å². The van der Waals surface area contributed by atoms with Gasteiger partial charge in [-0.3, -0.25) is 14.7 Å². The van der Waals surface area contributed by atoms with Gasteiger partial charge < -0.3 is 10.1 Å². The van der Waals surface area contributed by atoms with Gasteiger partial charge in [0.2, 0.25) is 0 Å². The number of methoxy groups -OCH3 is 1. The van der Waals surface area contributed by atoms with Crippen LogP contribution in [0.2, 0.25) is 0 Å². The number of amides is 1. The highest BCUT2D eigenvalue weighted by Crippen LogP contribution is 2.27. The number of carbonyl (C=O) groups excluding carboxylic acids is 1. The number of fused-ring (bicyclic) bond motifs is 1. The van der Waals surface area contributed by atoms with Gasteiger partial charge in [-0.2, -0.15) is 0 Å². The first-order chi connectivity index (χ1) is 14.5. The Bertz CT molecular complexity index is 1060. The molecule has 0 bridgehead atoms. The molecule has 0 aliphatic carbocycles. The van der Waals surface area contributed by atoms with Crippen molar-refractivity contribution in [2.75, 3.05) is 26.7 Å². The zero-order valence-electron chi connectivity index (χ0n) is 17.9. The molecule has 156 valence electrons. The van der Waals surface area contributed by atoms with Crippen molar-refractivity contribution in [1.82, 2.24) is 15.2 Å². The number of rotatable bonds is 6. The molecule has 0 spiro atoms. The lowest BCUT2D eigenvalue weighted by molar-refractivity contribution is 0.0937. The van der Waals surface area contributed by atoms with Gasteiger partial charge in [0, 0.05) is 11.9 Å². The molecule has 0 radical (unpaired) electrons. The van der Waals surface area contributed by atoms with Crippen LogP contribution < -0.4 is 10.1 Å². The van der Waals surface area contributed by atoms with Crippen LogP contribution in [0.25, 0.3) is 10.9 Å². The summed E-state index contributed by atoms with van der Waals surface area (Å²) >= 11 is 0. The number of ether oxygens (including phenoxy) is 1. The summed E-state index contributed by atoms with van der Waals surface area (Å²) in [5.74, 6) is 0.767. The molecule has 5 heteroatoms. The van der Waals surface area contributed by atoms with Gasteiger partial charge in [-0.15, -0.1) is 0 Å². The third kappa shape index (κ3) is 4.31. The van der Waals surface area contributed by atoms with Crippen molar-refractivity contribution in [3.8, 4) is 5.75 Å². The Morgan fingerprint density at radius 1 is 1.13 bits per heavy atom. The molecular formula is C25H29N3O2. The van der Waals surface area contributed by atoms with E-state index < -0.39 is 0 Å². The van der Waals surface area contributed by atoms with E-state index in [9.17, 15) is 4.79 Å². The largest absolute Gasteiger partial charge is 0.497 e. The average Bonchev–Trinajstić information content (AvgIpc) is 3.28. The highest BCUT2D eigenvalue weighted by molar-refractivity contribution is 5.98. The van der Waals surface area contributed by atoms with E-state index in [0.717, 1.165) is 41.0 Å². The van der Waals surface area contributed by atoms with Crippen molar-refractivity contribution >= 4 is 16.8 Å². The minimum Gasteiger partial charge on any atom is -0.497 e. The van der Waals surface area contributed by atoms with Gasteiger partial charge in [0.25, 0.3) is 5.91 Å². The average molecular weight is 404 g/mol. The summed E-state index contributed by atoms with van der Waals surface area (Å²) in [6.07, 6.45) is 2.39. The maximum absolute atomic E-state index is 13.1. The van der Waals surface area contributed by atoms with Gasteiger partial charge in [-0.05, 0) is 75.7 Å². The van der Waals surface area contributed by atoms with Crippen molar-refractivity contribution in [3.63, 3.8) is 0 Å². The first-order valence-electron chi connectivity index (χ1n) is 10.6. The van der Waals surface area contributed by atoms with E-state index in [1.54, 1.807) is 7.11 Å². The summed E-state index contributed by atoms with van der Waals surface area (Å²) in [7, 11) is 1.68. The predicted molar refractivity (Wildman–Crippen MR) is 120 cm³/mol. The zero-order valence-corrected chi connectivity index (χ0v) is 17.9. The van der Waals surface area contributed by atoms with E-state index >= 15 is 0 Å². The van der Waals surface area contributed by atoms with E-state index in [1.807, 2.05) is 44.2 Å². The maximum atomic E-state index is 13.1. The molecule has 2 heterocycles. The van der Waals surface area contributed by atoms with E-state index in [4.69, 9.17) is 4.74 Å². The van der Waals surface area contributed by atoms with Crippen LogP contribution in [0.5, 0.6) is 5.75 Å². The lowest BCUT2D eigenvalue weighted by Gasteiger charge is -2.28. The Morgan fingerprint density at radius 2 is 1.93 bits per heavy atom. The van der Waals surface area contributed by atoms with Crippen LogP contribution >= 0.6 is 0 Å². The van der Waals surface area contributed by atoms with E-state index in [0.29, 0.717) is 12.1 Å². The monoisotopic (exact) mass is 403 g/mol. The van der Waals surface area contributed by atoms with Crippen LogP contribution in [0.4, 0.5) is 0 Å². The van der Waals surface area contributed by atoms with Crippen molar-refractivity contribution < 1.29 is 9.53 Å². The summed E-state index contributed by atoms with van der Waals surface area (Å²) in [5.41, 5.74) is 4.63. The molecular weight excluding hydrogens is 374 g/mol. The third-order valence-electron chi connectivity index (χ3n) is 5.92. The van der Waals surface area contributed by atoms with Crippen LogP contribution in [0.15, 0.2) is 48.5 Å². The molecule has 1 aromatic heterocycles. The maximum Gasteiger partial charge on any atom is 0.253 e. The minimum atomic E-state index is -0.0736. The first-order valence-corrected chi connectivity index (χ1v) is 10.6. The van der Waals surface area contributed by atoms with Gasteiger partial charge in [-0.1, -0.05) is 23.8 Å². The molecule has 1 aliphatic rings. The molecule has 0 saturated carbocycles. The molecule has 1 amide bonds. The highest BCUT2D eigenvalue weighted by Gasteiger charge is 2.25. The molecule has 1 fully saturated rings. The van der Waals surface area contributed by atoms with Crippen LogP contribution in [0.1, 0.15) is 46.1 Å². The zero-order chi connectivity index (χ0) is 21.1. The van der Waals surface area contributed by atoms with Crippen LogP contribution in [0, 0.1) is 13.8 Å². The standard InChI is InChI=1S/C25H29N3O2/c1-17-9-10-23-20(13-17)15-22(18(2)27-23)25(29)26-16-24(28-11-4-5-12-28)19-7-6-8-21(14-19)30-3/h6-10,13-15,24H,4-5,11-12,16H2,1-3H3,(H,26,29). The van der Waals surface area contributed by atoms with Crippen LogP contribution in [-0.4, -0.2) is 42.5 Å². The second kappa shape index (κ2) is 8.84. The lowest BCUT2D eigenvalue weighted by atomic mass is 10.0. The minimum absolute atomic E-state index is 0.0736. The van der Waals surface area contributed by atoms with Gasteiger partial charge >= 0.3 is 0 Å². The van der Waals surface area contributed by atoms with Gasteiger partial charge in [-0.25, -0.2) is 0 Å². The normalized spacial score (nSPS) is 15.3. The fourth-order valence-corrected chi connectivity index (χ4v) is 4.27. The predicted octanol–water partition coefficient (Wildman–Crippen LogP) is 4.43. The quantitative estimate of drug-likeness (QED) is 0.662. The Morgan fingerprint density at radius 3 is 2.70 bits per heavy atom. The molecule has 3 aromatic rings. The number of benzene rings is 2. The fraction of sp³-hybridized carbons (Fsp3) is 0.360. The number of nitrogens with one attached hydrogen (secondary N) is 1. The molecule has 5 nitrogen and oxygen atoms in total. The molecule has 2 aromatic carbocycles. The SMILES string of the molecule is COc1cccc(C(CNC(=O)c2cc3cc(C)ccc3nc2C)N2CCCC2)c1. The number of nitrogens with zero attached hydrogens (tertiary/aromatic N) is 2. The molecule has 1 N–H and O–H groups in total. The van der Waals surface area contributed by atoms with E-state index in [1.165, 1.54) is 18.4 Å². The van der Waals surface area contributed by atoms with E-state index in [2.05, 4.69) is 33.4 Å². The lowest BCUT2D eigenvalue weighted by Crippen LogP contribution is -2.37. The fourth-order valence-electron chi connectivity index (χ4n) is 4.27. The van der Waals surface area contributed by atoms with Gasteiger partial charge in [0.05, 0.1) is 29.9 Å². The highest BCUT2D eigenvalue weighted by atomic mass is 16.5. The molecule has 1 aliphatic heterocycles. The van der Waals surface area contributed by atoms with Crippen molar-refractivity contribution in [1.29, 1.82) is 0 Å².